The number of hydrogen-bond donors (Lipinski definition) is 0. The van der Waals surface area contributed by atoms with Crippen molar-refractivity contribution in [1.82, 2.24) is 9.78 Å². The first-order chi connectivity index (χ1) is 6.88. The average molecular weight is 271 g/mol. The third-order valence-corrected chi connectivity index (χ3v) is 3.84. The number of hydrogen-bond acceptors (Lipinski definition) is 3. The molecule has 0 fully saturated rings. The summed E-state index contributed by atoms with van der Waals surface area (Å²) in [7, 11) is 1.46. The summed E-state index contributed by atoms with van der Waals surface area (Å²) in [5.41, 5.74) is 0.479. The van der Waals surface area contributed by atoms with Crippen LogP contribution in [0.15, 0.2) is 5.03 Å². The normalized spacial score (nSPS) is 12.0. The number of rotatable bonds is 4. The average Bonchev–Trinajstić information content (AvgIpc) is 2.38. The summed E-state index contributed by atoms with van der Waals surface area (Å²) in [6.45, 7) is 4.16. The Morgan fingerprint density at radius 3 is 2.53 bits per heavy atom. The number of nitrogens with zero attached hydrogens (tertiary/aromatic N) is 2. The third kappa shape index (κ3) is 2.86. The molecule has 15 heavy (non-hydrogen) atoms. The van der Waals surface area contributed by atoms with Gasteiger partial charge in [0.05, 0.1) is 5.69 Å². The van der Waals surface area contributed by atoms with Gasteiger partial charge >= 0.3 is 0 Å². The standard InChI is InChI=1S/C8H12Cl2N2O2S/c1-3-4-5-12-8(15(10,13)14)7(9)6(2)11-12/h3-5H2,1-2H3. The van der Waals surface area contributed by atoms with Crippen molar-refractivity contribution in [1.29, 1.82) is 0 Å². The number of aryl methyl sites for hydroxylation is 2. The molecule has 0 radical (unpaired) electrons. The number of unbranched alkanes of at least 4 members (excludes halogenated alkanes) is 1. The van der Waals surface area contributed by atoms with Crippen molar-refractivity contribution in [3.05, 3.63) is 10.7 Å². The van der Waals surface area contributed by atoms with Crippen LogP contribution < -0.4 is 0 Å². The third-order valence-electron chi connectivity index (χ3n) is 1.96. The molecule has 1 aromatic heterocycles. The van der Waals surface area contributed by atoms with Crippen molar-refractivity contribution >= 4 is 31.3 Å². The van der Waals surface area contributed by atoms with E-state index in [1.165, 1.54) is 4.68 Å². The number of aromatic nitrogens is 2. The summed E-state index contributed by atoms with van der Waals surface area (Å²) < 4.78 is 23.9. The van der Waals surface area contributed by atoms with Crippen LogP contribution in [0.2, 0.25) is 5.02 Å². The van der Waals surface area contributed by atoms with E-state index < -0.39 is 9.05 Å². The SMILES string of the molecule is CCCCn1nc(C)c(Cl)c1S(=O)(=O)Cl. The number of halogens is 2. The Balaban J connectivity index is 3.22. The van der Waals surface area contributed by atoms with Crippen molar-refractivity contribution in [3.63, 3.8) is 0 Å². The van der Waals surface area contributed by atoms with E-state index in [0.29, 0.717) is 12.2 Å². The van der Waals surface area contributed by atoms with Gasteiger partial charge in [-0.3, -0.25) is 4.68 Å². The van der Waals surface area contributed by atoms with Crippen LogP contribution in [0.4, 0.5) is 0 Å². The second kappa shape index (κ2) is 4.72. The molecule has 0 saturated heterocycles. The van der Waals surface area contributed by atoms with E-state index in [9.17, 15) is 8.42 Å². The van der Waals surface area contributed by atoms with Gasteiger partial charge < -0.3 is 0 Å². The van der Waals surface area contributed by atoms with Gasteiger partial charge in [-0.15, -0.1) is 0 Å². The van der Waals surface area contributed by atoms with Crippen LogP contribution in [0.3, 0.4) is 0 Å². The Morgan fingerprint density at radius 1 is 1.47 bits per heavy atom. The van der Waals surface area contributed by atoms with E-state index in [2.05, 4.69) is 5.10 Å². The minimum absolute atomic E-state index is 0.100. The molecule has 0 bridgehead atoms. The fourth-order valence-electron chi connectivity index (χ4n) is 1.23. The van der Waals surface area contributed by atoms with Crippen LogP contribution in [-0.2, 0) is 15.6 Å². The monoisotopic (exact) mass is 270 g/mol. The van der Waals surface area contributed by atoms with Crippen molar-refractivity contribution < 1.29 is 8.42 Å². The Hall–Kier alpha value is -0.260. The maximum atomic E-state index is 11.3. The molecular formula is C8H12Cl2N2O2S. The maximum absolute atomic E-state index is 11.3. The van der Waals surface area contributed by atoms with Gasteiger partial charge in [0.1, 0.15) is 5.02 Å². The second-order valence-electron chi connectivity index (χ2n) is 3.22. The molecule has 1 heterocycles. The molecule has 0 aromatic carbocycles. The van der Waals surface area contributed by atoms with Gasteiger partial charge in [-0.1, -0.05) is 24.9 Å². The Labute approximate surface area is 98.6 Å². The molecule has 0 N–H and O–H groups in total. The van der Waals surface area contributed by atoms with E-state index in [1.54, 1.807) is 6.92 Å². The summed E-state index contributed by atoms with van der Waals surface area (Å²) in [6.07, 6.45) is 1.77. The minimum Gasteiger partial charge on any atom is -0.251 e. The van der Waals surface area contributed by atoms with Crippen LogP contribution in [0.5, 0.6) is 0 Å². The molecule has 0 amide bonds. The second-order valence-corrected chi connectivity index (χ2v) is 6.08. The highest BCUT2D eigenvalue weighted by Gasteiger charge is 2.23. The summed E-state index contributed by atoms with van der Waals surface area (Å²) in [5, 5.41) is 4.05. The fraction of sp³-hybridized carbons (Fsp3) is 0.625. The Kier molecular flexibility index (Phi) is 4.03. The summed E-state index contributed by atoms with van der Waals surface area (Å²) in [5.74, 6) is 0. The highest BCUT2D eigenvalue weighted by atomic mass is 35.7. The van der Waals surface area contributed by atoms with Crippen LogP contribution in [-0.4, -0.2) is 18.2 Å². The molecule has 86 valence electrons. The van der Waals surface area contributed by atoms with Crippen molar-refractivity contribution in [2.24, 2.45) is 0 Å². The first kappa shape index (κ1) is 12.8. The molecule has 1 aromatic rings. The minimum atomic E-state index is -3.83. The highest BCUT2D eigenvalue weighted by Crippen LogP contribution is 2.27. The molecule has 0 spiro atoms. The van der Waals surface area contributed by atoms with Gasteiger partial charge in [0.25, 0.3) is 9.05 Å². The first-order valence-electron chi connectivity index (χ1n) is 4.55. The Morgan fingerprint density at radius 2 is 2.07 bits per heavy atom. The lowest BCUT2D eigenvalue weighted by Gasteiger charge is -2.03. The van der Waals surface area contributed by atoms with Gasteiger partial charge in [-0.2, -0.15) is 5.10 Å². The molecule has 0 aliphatic rings. The van der Waals surface area contributed by atoms with E-state index in [-0.39, 0.29) is 10.0 Å². The van der Waals surface area contributed by atoms with Gasteiger partial charge in [-0.05, 0) is 13.3 Å². The highest BCUT2D eigenvalue weighted by molar-refractivity contribution is 8.13. The fourth-order valence-corrected chi connectivity index (χ4v) is 3.01. The van der Waals surface area contributed by atoms with Gasteiger partial charge in [0.15, 0.2) is 5.03 Å². The molecular weight excluding hydrogens is 259 g/mol. The van der Waals surface area contributed by atoms with Crippen LogP contribution in [0.1, 0.15) is 25.5 Å². The van der Waals surface area contributed by atoms with Crippen molar-refractivity contribution in [2.75, 3.05) is 0 Å². The lowest BCUT2D eigenvalue weighted by molar-refractivity contribution is 0.517. The van der Waals surface area contributed by atoms with E-state index in [1.807, 2.05) is 6.92 Å². The molecule has 4 nitrogen and oxygen atoms in total. The topological polar surface area (TPSA) is 52.0 Å². The lowest BCUT2D eigenvalue weighted by Crippen LogP contribution is -2.07. The molecule has 0 aliphatic heterocycles. The zero-order chi connectivity index (χ0) is 11.6. The van der Waals surface area contributed by atoms with Gasteiger partial charge in [0.2, 0.25) is 0 Å². The predicted molar refractivity (Wildman–Crippen MR) is 59.9 cm³/mol. The summed E-state index contributed by atoms with van der Waals surface area (Å²) >= 11 is 5.83. The van der Waals surface area contributed by atoms with Gasteiger partial charge in [-0.25, -0.2) is 8.42 Å². The van der Waals surface area contributed by atoms with Crippen molar-refractivity contribution in [3.8, 4) is 0 Å². The Bertz CT molecular complexity index is 453. The van der Waals surface area contributed by atoms with Crippen LogP contribution in [0, 0.1) is 6.92 Å². The van der Waals surface area contributed by atoms with Gasteiger partial charge in [0, 0.05) is 17.2 Å². The van der Waals surface area contributed by atoms with E-state index in [0.717, 1.165) is 12.8 Å². The zero-order valence-electron chi connectivity index (χ0n) is 8.50. The van der Waals surface area contributed by atoms with Crippen LogP contribution >= 0.6 is 22.3 Å². The van der Waals surface area contributed by atoms with E-state index >= 15 is 0 Å². The van der Waals surface area contributed by atoms with Crippen molar-refractivity contribution in [2.45, 2.75) is 38.3 Å². The summed E-state index contributed by atoms with van der Waals surface area (Å²) in [4.78, 5) is 0. The molecule has 7 heteroatoms. The first-order valence-corrected chi connectivity index (χ1v) is 7.24. The molecule has 1 rings (SSSR count). The van der Waals surface area contributed by atoms with Crippen LogP contribution in [0.25, 0.3) is 0 Å². The molecule has 0 saturated carbocycles. The molecule has 0 aliphatic carbocycles. The quantitative estimate of drug-likeness (QED) is 0.791. The largest absolute Gasteiger partial charge is 0.279 e. The predicted octanol–water partition coefficient (Wildman–Crippen LogP) is 2.57. The molecule has 0 unspecified atom stereocenters. The molecule has 0 atom stereocenters. The maximum Gasteiger partial charge on any atom is 0.279 e. The zero-order valence-corrected chi connectivity index (χ0v) is 10.8. The summed E-state index contributed by atoms with van der Waals surface area (Å²) in [6, 6.07) is 0. The lowest BCUT2D eigenvalue weighted by atomic mass is 10.3. The smallest absolute Gasteiger partial charge is 0.251 e. The van der Waals surface area contributed by atoms with E-state index in [4.69, 9.17) is 22.3 Å².